The molecule has 13 heavy (non-hydrogen) atoms. The highest BCUT2D eigenvalue weighted by Gasteiger charge is 2.25. The van der Waals surface area contributed by atoms with E-state index >= 15 is 0 Å². The number of carbonyl (C=O) groups is 1. The Morgan fingerprint density at radius 2 is 2.08 bits per heavy atom. The number of carbonyl (C=O) groups excluding carboxylic acids is 1. The Balaban J connectivity index is 2.50. The molecule has 1 heterocycles. The lowest BCUT2D eigenvalue weighted by atomic mass is 10.3. The summed E-state index contributed by atoms with van der Waals surface area (Å²) in [6, 6.07) is 1.90. The van der Waals surface area contributed by atoms with E-state index in [9.17, 15) is 4.79 Å². The van der Waals surface area contributed by atoms with Gasteiger partial charge in [-0.1, -0.05) is 13.8 Å². The molecule has 2 atom stereocenters. The van der Waals surface area contributed by atoms with Crippen LogP contribution in [0.3, 0.4) is 0 Å². The van der Waals surface area contributed by atoms with E-state index < -0.39 is 0 Å². The molecule has 0 aromatic heterocycles. The van der Waals surface area contributed by atoms with Gasteiger partial charge in [0.15, 0.2) is 0 Å². The first kappa shape index (κ1) is 10.4. The summed E-state index contributed by atoms with van der Waals surface area (Å²) >= 11 is 1.90. The maximum atomic E-state index is 11.4. The molecular formula is C9H14N2OS. The van der Waals surface area contributed by atoms with Crippen molar-refractivity contribution < 1.29 is 4.79 Å². The fourth-order valence-electron chi connectivity index (χ4n) is 1.56. The Labute approximate surface area is 83.1 Å². The van der Waals surface area contributed by atoms with Crippen molar-refractivity contribution in [3.05, 3.63) is 0 Å². The van der Waals surface area contributed by atoms with E-state index in [0.29, 0.717) is 10.5 Å². The summed E-state index contributed by atoms with van der Waals surface area (Å²) in [6.07, 6.45) is 0.0180. The van der Waals surface area contributed by atoms with E-state index in [-0.39, 0.29) is 12.3 Å². The van der Waals surface area contributed by atoms with Crippen LogP contribution in [-0.4, -0.2) is 34.4 Å². The molecule has 4 heteroatoms. The van der Waals surface area contributed by atoms with Crippen LogP contribution in [0.4, 0.5) is 0 Å². The normalized spacial score (nSPS) is 28.2. The highest BCUT2D eigenvalue weighted by atomic mass is 32.2. The number of nitrogens with zero attached hydrogens (tertiary/aromatic N) is 2. The second kappa shape index (κ2) is 4.52. The van der Waals surface area contributed by atoms with Gasteiger partial charge in [-0.2, -0.15) is 17.0 Å². The highest BCUT2D eigenvalue weighted by molar-refractivity contribution is 8.00. The maximum Gasteiger partial charge on any atom is 0.236 e. The van der Waals surface area contributed by atoms with Crippen molar-refractivity contribution in [2.24, 2.45) is 0 Å². The van der Waals surface area contributed by atoms with Gasteiger partial charge in [0.05, 0.1) is 6.07 Å². The molecule has 3 nitrogen and oxygen atoms in total. The average molecular weight is 198 g/mol. The molecule has 1 aliphatic rings. The van der Waals surface area contributed by atoms with Gasteiger partial charge in [0.1, 0.15) is 6.42 Å². The fraction of sp³-hybridized carbons (Fsp3) is 0.778. The van der Waals surface area contributed by atoms with Gasteiger partial charge >= 0.3 is 0 Å². The number of hydrogen-bond acceptors (Lipinski definition) is 3. The number of amides is 1. The van der Waals surface area contributed by atoms with Crippen LogP contribution in [0.25, 0.3) is 0 Å². The molecule has 0 aromatic rings. The van der Waals surface area contributed by atoms with Crippen LogP contribution in [0.2, 0.25) is 0 Å². The lowest BCUT2D eigenvalue weighted by Crippen LogP contribution is -2.43. The molecule has 0 radical (unpaired) electrons. The zero-order chi connectivity index (χ0) is 9.84. The van der Waals surface area contributed by atoms with E-state index in [4.69, 9.17) is 5.26 Å². The van der Waals surface area contributed by atoms with Crippen LogP contribution in [0.15, 0.2) is 0 Å². The SMILES string of the molecule is CC1CN(C(=O)CC#N)CC(C)S1. The number of hydrogen-bond donors (Lipinski definition) is 0. The summed E-state index contributed by atoms with van der Waals surface area (Å²) in [4.78, 5) is 13.2. The van der Waals surface area contributed by atoms with Crippen LogP contribution in [0.1, 0.15) is 20.3 Å². The quantitative estimate of drug-likeness (QED) is 0.637. The minimum absolute atomic E-state index is 0.0180. The Bertz CT molecular complexity index is 226. The van der Waals surface area contributed by atoms with Crippen LogP contribution >= 0.6 is 11.8 Å². The smallest absolute Gasteiger partial charge is 0.236 e. The lowest BCUT2D eigenvalue weighted by Gasteiger charge is -2.34. The van der Waals surface area contributed by atoms with Crippen molar-refractivity contribution in [1.29, 1.82) is 5.26 Å². The fourth-order valence-corrected chi connectivity index (χ4v) is 2.89. The van der Waals surface area contributed by atoms with Crippen LogP contribution in [0, 0.1) is 11.3 Å². The van der Waals surface area contributed by atoms with Crippen molar-refractivity contribution >= 4 is 17.7 Å². The lowest BCUT2D eigenvalue weighted by molar-refractivity contribution is -0.130. The summed E-state index contributed by atoms with van der Waals surface area (Å²) in [5, 5.41) is 9.38. The van der Waals surface area contributed by atoms with Gasteiger partial charge in [0.25, 0.3) is 0 Å². The molecule has 0 aromatic carbocycles. The Hall–Kier alpha value is -0.690. The van der Waals surface area contributed by atoms with Crippen LogP contribution in [0.5, 0.6) is 0 Å². The van der Waals surface area contributed by atoms with Crippen LogP contribution < -0.4 is 0 Å². The Kier molecular flexibility index (Phi) is 3.61. The largest absolute Gasteiger partial charge is 0.340 e. The standard InChI is InChI=1S/C9H14N2OS/c1-7-5-11(6-8(2)13-7)9(12)3-4-10/h7-8H,3,5-6H2,1-2H3. The maximum absolute atomic E-state index is 11.4. The molecule has 1 amide bonds. The van der Waals surface area contributed by atoms with Crippen LogP contribution in [-0.2, 0) is 4.79 Å². The molecule has 0 aliphatic carbocycles. The molecule has 0 saturated carbocycles. The van der Waals surface area contributed by atoms with E-state index in [1.807, 2.05) is 17.8 Å². The van der Waals surface area contributed by atoms with Gasteiger partial charge in [-0.15, -0.1) is 0 Å². The zero-order valence-electron chi connectivity index (χ0n) is 7.99. The Morgan fingerprint density at radius 1 is 1.54 bits per heavy atom. The molecule has 2 unspecified atom stereocenters. The van der Waals surface area contributed by atoms with Gasteiger partial charge in [0.2, 0.25) is 5.91 Å². The first-order valence-electron chi connectivity index (χ1n) is 4.43. The molecular weight excluding hydrogens is 184 g/mol. The zero-order valence-corrected chi connectivity index (χ0v) is 8.80. The third-order valence-electron chi connectivity index (χ3n) is 2.00. The van der Waals surface area contributed by atoms with Crippen molar-refractivity contribution in [2.45, 2.75) is 30.8 Å². The van der Waals surface area contributed by atoms with E-state index in [1.165, 1.54) is 0 Å². The predicted octanol–water partition coefficient (Wildman–Crippen LogP) is 1.25. The van der Waals surface area contributed by atoms with E-state index in [0.717, 1.165) is 13.1 Å². The minimum Gasteiger partial charge on any atom is -0.340 e. The third-order valence-corrected chi connectivity index (χ3v) is 3.23. The molecule has 72 valence electrons. The predicted molar refractivity (Wildman–Crippen MR) is 53.3 cm³/mol. The Morgan fingerprint density at radius 3 is 2.54 bits per heavy atom. The second-order valence-electron chi connectivity index (χ2n) is 3.39. The van der Waals surface area contributed by atoms with E-state index in [1.54, 1.807) is 4.90 Å². The van der Waals surface area contributed by atoms with Gasteiger partial charge < -0.3 is 4.90 Å². The third kappa shape index (κ3) is 2.92. The van der Waals surface area contributed by atoms with Gasteiger partial charge in [-0.25, -0.2) is 0 Å². The molecule has 1 fully saturated rings. The summed E-state index contributed by atoms with van der Waals surface area (Å²) in [5.41, 5.74) is 0. The number of thioether (sulfide) groups is 1. The minimum atomic E-state index is -0.0264. The van der Waals surface area contributed by atoms with Gasteiger partial charge in [-0.3, -0.25) is 4.79 Å². The van der Waals surface area contributed by atoms with Crippen molar-refractivity contribution in [3.63, 3.8) is 0 Å². The summed E-state index contributed by atoms with van der Waals surface area (Å²) in [5.74, 6) is -0.0264. The summed E-state index contributed by atoms with van der Waals surface area (Å²) < 4.78 is 0. The van der Waals surface area contributed by atoms with Gasteiger partial charge in [0, 0.05) is 23.6 Å². The summed E-state index contributed by atoms with van der Waals surface area (Å²) in [7, 11) is 0. The monoisotopic (exact) mass is 198 g/mol. The van der Waals surface area contributed by atoms with Crippen molar-refractivity contribution in [3.8, 4) is 6.07 Å². The molecule has 0 bridgehead atoms. The molecule has 1 rings (SSSR count). The van der Waals surface area contributed by atoms with Crippen molar-refractivity contribution in [2.75, 3.05) is 13.1 Å². The second-order valence-corrected chi connectivity index (χ2v) is 5.27. The molecule has 0 N–H and O–H groups in total. The molecule has 1 aliphatic heterocycles. The molecule has 1 saturated heterocycles. The van der Waals surface area contributed by atoms with Crippen molar-refractivity contribution in [1.82, 2.24) is 4.90 Å². The average Bonchev–Trinajstić information content (AvgIpc) is 2.03. The van der Waals surface area contributed by atoms with Gasteiger partial charge in [-0.05, 0) is 0 Å². The number of rotatable bonds is 1. The van der Waals surface area contributed by atoms with E-state index in [2.05, 4.69) is 13.8 Å². The topological polar surface area (TPSA) is 44.1 Å². The first-order chi connectivity index (χ1) is 6.13. The number of nitriles is 1. The molecule has 0 spiro atoms. The highest BCUT2D eigenvalue weighted by Crippen LogP contribution is 2.24. The summed E-state index contributed by atoms with van der Waals surface area (Å²) in [6.45, 7) is 5.81. The first-order valence-corrected chi connectivity index (χ1v) is 5.38.